The van der Waals surface area contributed by atoms with Crippen LogP contribution in [0.2, 0.25) is 0 Å². The zero-order valence-corrected chi connectivity index (χ0v) is 10.2. The standard InChI is InChI=1S/C12H16N4O2/c1-9-6-11(18)2-3-12(9)13-7-10-8-16(4-5-17)15-14-10/h2-3,6,8,13,17-18H,4-5,7H2,1H3. The number of anilines is 1. The number of aromatic nitrogens is 3. The van der Waals surface area contributed by atoms with Gasteiger partial charge in [0.2, 0.25) is 0 Å². The van der Waals surface area contributed by atoms with Crippen molar-refractivity contribution in [3.8, 4) is 5.75 Å². The van der Waals surface area contributed by atoms with Crippen molar-refractivity contribution in [2.45, 2.75) is 20.0 Å². The van der Waals surface area contributed by atoms with Crippen molar-refractivity contribution in [1.29, 1.82) is 0 Å². The van der Waals surface area contributed by atoms with E-state index in [1.54, 1.807) is 23.0 Å². The Balaban J connectivity index is 1.97. The highest BCUT2D eigenvalue weighted by atomic mass is 16.3. The number of aryl methyl sites for hydroxylation is 1. The highest BCUT2D eigenvalue weighted by molar-refractivity contribution is 5.53. The Labute approximate surface area is 105 Å². The molecule has 6 heteroatoms. The number of nitrogens with one attached hydrogen (secondary N) is 1. The predicted molar refractivity (Wildman–Crippen MR) is 67.3 cm³/mol. The molecule has 0 spiro atoms. The minimum atomic E-state index is 0.0489. The van der Waals surface area contributed by atoms with Gasteiger partial charge in [-0.25, -0.2) is 4.68 Å². The average Bonchev–Trinajstić information content (AvgIpc) is 2.76. The molecule has 2 aromatic rings. The van der Waals surface area contributed by atoms with Crippen LogP contribution in [0.15, 0.2) is 24.4 Å². The van der Waals surface area contributed by atoms with Crippen LogP contribution in [0, 0.1) is 6.92 Å². The van der Waals surface area contributed by atoms with Gasteiger partial charge in [-0.05, 0) is 30.7 Å². The van der Waals surface area contributed by atoms with E-state index in [0.717, 1.165) is 16.9 Å². The fourth-order valence-electron chi connectivity index (χ4n) is 1.66. The third-order valence-electron chi connectivity index (χ3n) is 2.59. The number of phenolic OH excluding ortho intramolecular Hbond substituents is 1. The number of aliphatic hydroxyl groups is 1. The van der Waals surface area contributed by atoms with Crippen LogP contribution in [-0.4, -0.2) is 31.8 Å². The molecule has 0 fully saturated rings. The molecule has 0 saturated carbocycles. The van der Waals surface area contributed by atoms with Gasteiger partial charge in [0.1, 0.15) is 11.4 Å². The smallest absolute Gasteiger partial charge is 0.115 e. The van der Waals surface area contributed by atoms with E-state index in [-0.39, 0.29) is 12.4 Å². The Morgan fingerprint density at radius 3 is 2.94 bits per heavy atom. The second-order valence-electron chi connectivity index (χ2n) is 4.05. The topological polar surface area (TPSA) is 83.2 Å². The molecule has 96 valence electrons. The lowest BCUT2D eigenvalue weighted by molar-refractivity contribution is 0.268. The van der Waals surface area contributed by atoms with E-state index in [0.29, 0.717) is 13.1 Å². The van der Waals surface area contributed by atoms with Gasteiger partial charge in [0.25, 0.3) is 0 Å². The van der Waals surface area contributed by atoms with E-state index in [1.165, 1.54) is 0 Å². The summed E-state index contributed by atoms with van der Waals surface area (Å²) >= 11 is 0. The van der Waals surface area contributed by atoms with Crippen LogP contribution in [0.4, 0.5) is 5.69 Å². The van der Waals surface area contributed by atoms with Gasteiger partial charge in [0, 0.05) is 5.69 Å². The van der Waals surface area contributed by atoms with Gasteiger partial charge in [0.05, 0.1) is 25.9 Å². The second-order valence-corrected chi connectivity index (χ2v) is 4.05. The summed E-state index contributed by atoms with van der Waals surface area (Å²) in [4.78, 5) is 0. The molecule has 18 heavy (non-hydrogen) atoms. The van der Waals surface area contributed by atoms with Crippen LogP contribution in [0.1, 0.15) is 11.3 Å². The molecule has 0 aliphatic rings. The molecular formula is C12H16N4O2. The van der Waals surface area contributed by atoms with Crippen LogP contribution >= 0.6 is 0 Å². The van der Waals surface area contributed by atoms with Crippen LogP contribution in [-0.2, 0) is 13.1 Å². The van der Waals surface area contributed by atoms with Crippen molar-refractivity contribution in [2.75, 3.05) is 11.9 Å². The number of benzene rings is 1. The van der Waals surface area contributed by atoms with Gasteiger partial charge in [-0.3, -0.25) is 0 Å². The highest BCUT2D eigenvalue weighted by Crippen LogP contribution is 2.20. The number of hydrogen-bond donors (Lipinski definition) is 3. The molecule has 0 aliphatic heterocycles. The maximum Gasteiger partial charge on any atom is 0.115 e. The largest absolute Gasteiger partial charge is 0.508 e. The van der Waals surface area contributed by atoms with E-state index in [1.807, 2.05) is 13.0 Å². The monoisotopic (exact) mass is 248 g/mol. The van der Waals surface area contributed by atoms with Gasteiger partial charge in [-0.15, -0.1) is 5.10 Å². The molecule has 2 rings (SSSR count). The van der Waals surface area contributed by atoms with Crippen LogP contribution in [0.25, 0.3) is 0 Å². The Kier molecular flexibility index (Phi) is 3.78. The second kappa shape index (κ2) is 5.50. The first-order chi connectivity index (χ1) is 8.69. The van der Waals surface area contributed by atoms with Crippen LogP contribution in [0.5, 0.6) is 5.75 Å². The van der Waals surface area contributed by atoms with E-state index in [9.17, 15) is 5.11 Å². The molecule has 1 heterocycles. The van der Waals surface area contributed by atoms with Gasteiger partial charge in [-0.2, -0.15) is 0 Å². The Bertz CT molecular complexity index is 525. The number of hydrogen-bond acceptors (Lipinski definition) is 5. The molecule has 0 radical (unpaired) electrons. The molecule has 1 aromatic heterocycles. The van der Waals surface area contributed by atoms with E-state index in [2.05, 4.69) is 15.6 Å². The third kappa shape index (κ3) is 2.98. The van der Waals surface area contributed by atoms with Crippen LogP contribution < -0.4 is 5.32 Å². The first kappa shape index (κ1) is 12.4. The number of rotatable bonds is 5. The Morgan fingerprint density at radius 2 is 2.22 bits per heavy atom. The maximum atomic E-state index is 9.31. The Hall–Kier alpha value is -2.08. The minimum Gasteiger partial charge on any atom is -0.508 e. The summed E-state index contributed by atoms with van der Waals surface area (Å²) in [6.07, 6.45) is 1.79. The van der Waals surface area contributed by atoms with E-state index >= 15 is 0 Å². The Morgan fingerprint density at radius 1 is 1.39 bits per heavy atom. The maximum absolute atomic E-state index is 9.31. The number of aliphatic hydroxyl groups excluding tert-OH is 1. The summed E-state index contributed by atoms with van der Waals surface area (Å²) in [7, 11) is 0. The lowest BCUT2D eigenvalue weighted by atomic mass is 10.2. The third-order valence-corrected chi connectivity index (χ3v) is 2.59. The average molecular weight is 248 g/mol. The summed E-state index contributed by atoms with van der Waals surface area (Å²) in [6, 6.07) is 5.16. The van der Waals surface area contributed by atoms with Crippen molar-refractivity contribution in [3.05, 3.63) is 35.7 Å². The summed E-state index contributed by atoms with van der Waals surface area (Å²) in [5, 5.41) is 29.2. The molecule has 0 aliphatic carbocycles. The molecule has 0 saturated heterocycles. The SMILES string of the molecule is Cc1cc(O)ccc1NCc1cn(CCO)nn1. The van der Waals surface area contributed by atoms with Gasteiger partial charge in [-0.1, -0.05) is 5.21 Å². The van der Waals surface area contributed by atoms with Crippen molar-refractivity contribution < 1.29 is 10.2 Å². The summed E-state index contributed by atoms with van der Waals surface area (Å²) in [6.45, 7) is 2.97. The molecule has 1 aromatic carbocycles. The molecular weight excluding hydrogens is 232 g/mol. The van der Waals surface area contributed by atoms with Gasteiger partial charge >= 0.3 is 0 Å². The molecule has 0 unspecified atom stereocenters. The van der Waals surface area contributed by atoms with Crippen molar-refractivity contribution in [1.82, 2.24) is 15.0 Å². The quantitative estimate of drug-likeness (QED) is 0.685. The first-order valence-corrected chi connectivity index (χ1v) is 5.72. The first-order valence-electron chi connectivity index (χ1n) is 5.72. The predicted octanol–water partition coefficient (Wildman–Crippen LogP) is 0.897. The van der Waals surface area contributed by atoms with Crippen molar-refractivity contribution in [2.24, 2.45) is 0 Å². The summed E-state index contributed by atoms with van der Waals surface area (Å²) in [5.74, 6) is 0.256. The zero-order valence-electron chi connectivity index (χ0n) is 10.2. The number of aromatic hydroxyl groups is 1. The van der Waals surface area contributed by atoms with Crippen molar-refractivity contribution >= 4 is 5.69 Å². The minimum absolute atomic E-state index is 0.0489. The molecule has 0 amide bonds. The fourth-order valence-corrected chi connectivity index (χ4v) is 1.66. The molecule has 0 atom stereocenters. The lowest BCUT2D eigenvalue weighted by Gasteiger charge is -2.07. The lowest BCUT2D eigenvalue weighted by Crippen LogP contribution is -2.02. The molecule has 3 N–H and O–H groups in total. The van der Waals surface area contributed by atoms with Gasteiger partial charge < -0.3 is 15.5 Å². The fraction of sp³-hybridized carbons (Fsp3) is 0.333. The van der Waals surface area contributed by atoms with Crippen molar-refractivity contribution in [3.63, 3.8) is 0 Å². The normalized spacial score (nSPS) is 10.6. The zero-order chi connectivity index (χ0) is 13.0. The summed E-state index contributed by atoms with van der Waals surface area (Å²) in [5.41, 5.74) is 2.72. The highest BCUT2D eigenvalue weighted by Gasteiger charge is 2.02. The summed E-state index contributed by atoms with van der Waals surface area (Å²) < 4.78 is 1.60. The van der Waals surface area contributed by atoms with Crippen LogP contribution in [0.3, 0.4) is 0 Å². The molecule has 6 nitrogen and oxygen atoms in total. The van der Waals surface area contributed by atoms with Gasteiger partial charge in [0.15, 0.2) is 0 Å². The number of nitrogens with zero attached hydrogens (tertiary/aromatic N) is 3. The number of phenols is 1. The van der Waals surface area contributed by atoms with E-state index in [4.69, 9.17) is 5.11 Å². The van der Waals surface area contributed by atoms with E-state index < -0.39 is 0 Å². The molecule has 0 bridgehead atoms.